The third-order valence-electron chi connectivity index (χ3n) is 17.6. The average Bonchev–Trinajstić information content (AvgIpc) is 0.876. The van der Waals surface area contributed by atoms with Crippen LogP contribution in [0, 0.1) is 44.0 Å². The Morgan fingerprint density at radius 1 is 0.367 bits per heavy atom. The standard InChI is InChI=1S/2C15H14FNO2.2C15H16FNO.C12H17FN2.3C10H13NO2/c2*1-17(2)15(18)13-5-3-4-6-14(13)19-12-9-7-11(16)8-10-12;2*1-17(2)11-12-5-3-4-6-15(12)18-14-9-7-13(16)8-10-14;1-10(14)15-9-12-5-2-4-11(8-12)6-3-7-13;3*1-8-2-4-9(5-3-8)6-10(11)13-7-12/h2*3-10H,1-2H3;2*3-10H,11H2,1-2H3;2,4-5,8H,3,6-7,9H2,1H3,(H2,14,15);3*2-5,7,10H,6,11H2,1H3/t;;;;;3*10-/m.....000/s1/i4*16-1;13-1;;;. The number of benzene rings is 12. The molecule has 128 heavy (non-hydrogen) atoms. The molecule has 0 radical (unpaired) electrons. The van der Waals surface area contributed by atoms with Crippen LogP contribution in [0.1, 0.15) is 89.7 Å². The highest BCUT2D eigenvalue weighted by Gasteiger charge is 2.17. The zero-order valence-electron chi connectivity index (χ0n) is 74.4. The molecule has 12 aromatic rings. The lowest BCUT2D eigenvalue weighted by Crippen LogP contribution is -2.25. The number of nitrogens with zero attached hydrogens (tertiary/aromatic N) is 5. The Balaban J connectivity index is 0.000000261. The molecule has 12 rings (SSSR count). The Morgan fingerprint density at radius 3 is 0.930 bits per heavy atom. The Kier molecular flexibility index (Phi) is 47.7. The van der Waals surface area contributed by atoms with E-state index in [4.69, 9.17) is 41.9 Å². The summed E-state index contributed by atoms with van der Waals surface area (Å²) in [6.07, 6.45) is 1.41. The molecule has 0 aliphatic carbocycles. The van der Waals surface area contributed by atoms with Gasteiger partial charge in [0.05, 0.1) is 30.2 Å². The molecule has 21 nitrogen and oxygen atoms in total. The molecule has 2 amide bonds. The first-order valence-electron chi connectivity index (χ1n) is 40.8. The molecular weight excluding hydrogens is 1630 g/mol. The summed E-state index contributed by atoms with van der Waals surface area (Å²) in [5.74, 6) is 3.89. The smallest absolute Gasteiger partial charge is 0.294 e. The van der Waals surface area contributed by atoms with Gasteiger partial charge >= 0.3 is 0 Å². The average molecular weight is 1750 g/mol. The zero-order valence-corrected chi connectivity index (χ0v) is 74.4. The van der Waals surface area contributed by atoms with Gasteiger partial charge in [0.25, 0.3) is 31.2 Å². The Labute approximate surface area is 748 Å². The fourth-order valence-electron chi connectivity index (χ4n) is 11.2. The third kappa shape index (κ3) is 42.7. The first-order chi connectivity index (χ1) is 61.3. The van der Waals surface area contributed by atoms with Crippen molar-refractivity contribution in [1.29, 1.82) is 0 Å². The lowest BCUT2D eigenvalue weighted by molar-refractivity contribution is -0.134. The van der Waals surface area contributed by atoms with Crippen molar-refractivity contribution < 1.29 is 79.1 Å². The van der Waals surface area contributed by atoms with Crippen LogP contribution in [0.25, 0.3) is 0 Å². The highest BCUT2D eigenvalue weighted by atomic mass is 18.2. The number of nitrogens with two attached hydrogens (primary N) is 4. The summed E-state index contributed by atoms with van der Waals surface area (Å²) in [6.45, 7) is 10.9. The number of amidine groups is 1. The number of carbonyl (C=O) groups excluding carboxylic acids is 5. The van der Waals surface area contributed by atoms with Crippen LogP contribution in [0.2, 0.25) is 0 Å². The Morgan fingerprint density at radius 2 is 0.648 bits per heavy atom. The molecule has 8 N–H and O–H groups in total. The van der Waals surface area contributed by atoms with Gasteiger partial charge < -0.3 is 58.5 Å². The molecule has 0 aliphatic rings. The highest BCUT2D eigenvalue weighted by molar-refractivity contribution is 5.97. The van der Waals surface area contributed by atoms with E-state index in [1.807, 2.05) is 188 Å². The van der Waals surface area contributed by atoms with Gasteiger partial charge in [-0.3, -0.25) is 50.6 Å². The lowest BCUT2D eigenvalue weighted by atomic mass is 10.1. The molecular formula is C102H116F5N9O12. The normalized spacial score (nSPS) is 11.1. The number of halogens is 5. The zero-order chi connectivity index (χ0) is 93.7. The summed E-state index contributed by atoms with van der Waals surface area (Å²) in [7, 11) is 14.7. The second kappa shape index (κ2) is 58.3. The van der Waals surface area contributed by atoms with Crippen LogP contribution in [-0.4, -0.2) is 138 Å². The van der Waals surface area contributed by atoms with E-state index in [2.05, 4.69) is 35.1 Å². The van der Waals surface area contributed by atoms with Gasteiger partial charge in [-0.2, -0.15) is 0 Å². The molecule has 26 heteroatoms. The van der Waals surface area contributed by atoms with E-state index in [1.165, 1.54) is 99.3 Å². The van der Waals surface area contributed by atoms with Crippen LogP contribution in [0.4, 0.5) is 22.0 Å². The van der Waals surface area contributed by atoms with E-state index >= 15 is 0 Å². The number of hydrogen-bond acceptors (Lipinski definition) is 18. The van der Waals surface area contributed by atoms with E-state index in [1.54, 1.807) is 108 Å². The van der Waals surface area contributed by atoms with E-state index < -0.39 is 18.7 Å². The summed E-state index contributed by atoms with van der Waals surface area (Å²) < 4.78 is 99.8. The minimum Gasteiger partial charge on any atom is -0.457 e. The quantitative estimate of drug-likeness (QED) is 0.00784. The van der Waals surface area contributed by atoms with Crippen molar-refractivity contribution >= 4 is 37.1 Å². The number of alkyl halides is 1. The van der Waals surface area contributed by atoms with Gasteiger partial charge in [-0.05, 0) is 230 Å². The molecule has 0 bridgehead atoms. The summed E-state index contributed by atoms with van der Waals surface area (Å²) in [5.41, 5.74) is 34.2. The van der Waals surface area contributed by atoms with Crippen LogP contribution >= 0.6 is 0 Å². The molecule has 676 valence electrons. The molecule has 0 fully saturated rings. The first-order valence-corrected chi connectivity index (χ1v) is 40.8. The number of carbonyl (C=O) groups is 5. The summed E-state index contributed by atoms with van der Waals surface area (Å²) >= 11 is 0. The Hall–Kier alpha value is -13.9. The monoisotopic (exact) mass is 1750 g/mol. The van der Waals surface area contributed by atoms with Crippen molar-refractivity contribution in [3.8, 4) is 46.0 Å². The number of aryl methyl sites for hydroxylation is 4. The van der Waals surface area contributed by atoms with Crippen molar-refractivity contribution in [1.82, 2.24) is 19.6 Å². The van der Waals surface area contributed by atoms with Crippen LogP contribution in [-0.2, 0) is 73.9 Å². The van der Waals surface area contributed by atoms with Crippen molar-refractivity contribution in [2.75, 3.05) is 63.1 Å². The van der Waals surface area contributed by atoms with Crippen molar-refractivity contribution in [3.05, 3.63) is 381 Å². The van der Waals surface area contributed by atoms with Gasteiger partial charge in [0.1, 0.15) is 69.3 Å². The van der Waals surface area contributed by atoms with Gasteiger partial charge in [0.15, 0.2) is 18.7 Å². The molecule has 0 saturated heterocycles. The summed E-state index contributed by atoms with van der Waals surface area (Å²) in [4.78, 5) is 65.1. The van der Waals surface area contributed by atoms with Crippen LogP contribution in [0.5, 0.6) is 46.0 Å². The van der Waals surface area contributed by atoms with Gasteiger partial charge in [-0.15, -0.1) is 0 Å². The molecule has 0 spiro atoms. The number of para-hydroxylation sites is 4. The predicted octanol–water partition coefficient (Wildman–Crippen LogP) is 19.5. The Bertz CT molecular complexity index is 4900. The van der Waals surface area contributed by atoms with E-state index in [0.717, 1.165) is 70.0 Å². The van der Waals surface area contributed by atoms with Crippen LogP contribution in [0.15, 0.2) is 296 Å². The minimum absolute atomic E-state index is 0.141. The second-order valence-corrected chi connectivity index (χ2v) is 29.8. The van der Waals surface area contributed by atoms with Gasteiger partial charge in [0, 0.05) is 71.7 Å². The van der Waals surface area contributed by atoms with E-state index in [0.29, 0.717) is 103 Å². The van der Waals surface area contributed by atoms with Crippen molar-refractivity contribution in [2.45, 2.75) is 98.1 Å². The van der Waals surface area contributed by atoms with Gasteiger partial charge in [0.2, 0.25) is 0 Å². The molecule has 12 aromatic carbocycles. The number of rotatable bonds is 31. The maximum absolute atomic E-state index is 12.8. The molecule has 0 aliphatic heterocycles. The third-order valence-corrected chi connectivity index (χ3v) is 17.6. The summed E-state index contributed by atoms with van der Waals surface area (Å²) in [5, 5.41) is 0. The number of amides is 2. The molecule has 0 aromatic heterocycles. The number of hydrogen-bond donors (Lipinski definition) is 4. The van der Waals surface area contributed by atoms with E-state index in [9.17, 15) is 45.9 Å². The van der Waals surface area contributed by atoms with Crippen molar-refractivity contribution in [3.63, 3.8) is 0 Å². The fraction of sp³-hybridized carbons (Fsp3) is 0.235. The van der Waals surface area contributed by atoms with Gasteiger partial charge in [-0.25, -0.2) is 17.6 Å². The molecule has 3 atom stereocenters. The molecule has 0 heterocycles. The predicted molar refractivity (Wildman–Crippen MR) is 494 cm³/mol. The highest BCUT2D eigenvalue weighted by Crippen LogP contribution is 2.31. The van der Waals surface area contributed by atoms with Gasteiger partial charge in [-0.1, -0.05) is 174 Å². The largest absolute Gasteiger partial charge is 0.457 e. The lowest BCUT2D eigenvalue weighted by Gasteiger charge is -2.14. The van der Waals surface area contributed by atoms with Crippen molar-refractivity contribution in [2.24, 2.45) is 27.9 Å². The second-order valence-electron chi connectivity index (χ2n) is 29.8. The molecule has 0 saturated carbocycles. The minimum atomic E-state index is -0.541. The number of ether oxygens (including phenoxy) is 7. The van der Waals surface area contributed by atoms with Crippen LogP contribution < -0.4 is 41.9 Å². The SMILES string of the molecule is CC(N)=NCc1cccc(CCC[18F])c1.CN(C)C(=O)c1ccccc1Oc1ccc([18F])cc1.CN(C)C(=O)c1ccccc1Oc1ccc([18F])cc1.CN(C)Cc1ccccc1Oc1ccc([18F])cc1.CN(C)Cc1ccccc1Oc1ccc([18F])cc1.Cc1ccc(C[C@@H](N)OC=O)cc1.Cc1ccc(C[C@@H](N)OC=O)cc1.Cc1ccc(C[C@@H](N)OC=O)cc1. The summed E-state index contributed by atoms with van der Waals surface area (Å²) in [6, 6.07) is 85.0. The molecule has 0 unspecified atom stereocenters. The van der Waals surface area contributed by atoms with Crippen LogP contribution in [0.3, 0.4) is 0 Å². The maximum atomic E-state index is 12.8. The fourth-order valence-corrected chi connectivity index (χ4v) is 11.2. The number of aliphatic imine (C=N–C) groups is 1. The van der Waals surface area contributed by atoms with E-state index in [-0.39, 0.29) is 41.8 Å². The topological polar surface area (TPSA) is 279 Å². The first kappa shape index (κ1) is 105. The maximum Gasteiger partial charge on any atom is 0.294 e.